The van der Waals surface area contributed by atoms with E-state index in [1.54, 1.807) is 6.26 Å². The Bertz CT molecular complexity index is 222. The zero-order valence-electron chi connectivity index (χ0n) is 7.96. The van der Waals surface area contributed by atoms with Gasteiger partial charge in [-0.2, -0.15) is 0 Å². The first-order chi connectivity index (χ1) is 6.45. The molecule has 1 atom stereocenters. The number of hydrogen-bond acceptors (Lipinski definition) is 2. The third-order valence-corrected chi connectivity index (χ3v) is 2.80. The first-order valence-corrected chi connectivity index (χ1v) is 5.17. The lowest BCUT2D eigenvalue weighted by Gasteiger charge is -2.11. The van der Waals surface area contributed by atoms with Crippen LogP contribution in [-0.2, 0) is 6.42 Å². The van der Waals surface area contributed by atoms with Gasteiger partial charge in [0.05, 0.1) is 12.5 Å². The normalized spacial score (nSPS) is 24.2. The monoisotopic (exact) mass is 179 g/mol. The van der Waals surface area contributed by atoms with E-state index >= 15 is 0 Å². The molecule has 0 aliphatic carbocycles. The van der Waals surface area contributed by atoms with Crippen molar-refractivity contribution in [2.75, 3.05) is 13.1 Å². The van der Waals surface area contributed by atoms with Gasteiger partial charge < -0.3 is 9.73 Å². The summed E-state index contributed by atoms with van der Waals surface area (Å²) < 4.78 is 5.07. The molecule has 72 valence electrons. The second kappa shape index (κ2) is 4.47. The summed E-state index contributed by atoms with van der Waals surface area (Å²) in [4.78, 5) is 0. The zero-order chi connectivity index (χ0) is 8.93. The maximum atomic E-state index is 5.07. The van der Waals surface area contributed by atoms with Crippen molar-refractivity contribution in [1.82, 2.24) is 5.32 Å². The van der Waals surface area contributed by atoms with Gasteiger partial charge in [-0.25, -0.2) is 0 Å². The van der Waals surface area contributed by atoms with Crippen LogP contribution in [0.5, 0.6) is 0 Å². The fourth-order valence-corrected chi connectivity index (χ4v) is 2.04. The minimum atomic E-state index is 0.854. The summed E-state index contributed by atoms with van der Waals surface area (Å²) in [5.41, 5.74) is 1.35. The van der Waals surface area contributed by atoms with Crippen LogP contribution in [0.2, 0.25) is 0 Å². The van der Waals surface area contributed by atoms with Crippen LogP contribution >= 0.6 is 0 Å². The van der Waals surface area contributed by atoms with Crippen LogP contribution in [0.4, 0.5) is 0 Å². The molecule has 0 aromatic carbocycles. The molecular weight excluding hydrogens is 162 g/mol. The molecule has 13 heavy (non-hydrogen) atoms. The smallest absolute Gasteiger partial charge is 0.0934 e. The summed E-state index contributed by atoms with van der Waals surface area (Å²) in [6, 6.07) is 2.08. The number of hydrogen-bond donors (Lipinski definition) is 1. The predicted octanol–water partition coefficient (Wildman–Crippen LogP) is 2.21. The maximum absolute atomic E-state index is 5.07. The number of furan rings is 1. The standard InChI is InChI=1S/C11H17NO/c1-2-10(3-6-12-5-1)8-11-4-7-13-9-11/h4,7,9-10,12H,1-3,5-6,8H2. The molecule has 1 fully saturated rings. The van der Waals surface area contributed by atoms with Crippen molar-refractivity contribution in [3.8, 4) is 0 Å². The molecule has 2 nitrogen and oxygen atoms in total. The molecule has 1 aliphatic heterocycles. The third kappa shape index (κ3) is 2.59. The highest BCUT2D eigenvalue weighted by Gasteiger charge is 2.12. The van der Waals surface area contributed by atoms with Gasteiger partial charge in [-0.15, -0.1) is 0 Å². The van der Waals surface area contributed by atoms with Gasteiger partial charge in [-0.3, -0.25) is 0 Å². The first kappa shape index (κ1) is 8.82. The molecule has 2 heteroatoms. The molecule has 1 N–H and O–H groups in total. The average Bonchev–Trinajstić information content (AvgIpc) is 2.49. The second-order valence-corrected chi connectivity index (χ2v) is 3.88. The Morgan fingerprint density at radius 3 is 3.23 bits per heavy atom. The van der Waals surface area contributed by atoms with E-state index in [1.165, 1.54) is 44.3 Å². The summed E-state index contributed by atoms with van der Waals surface area (Å²) in [6.45, 7) is 2.38. The van der Waals surface area contributed by atoms with Crippen molar-refractivity contribution >= 4 is 0 Å². The summed E-state index contributed by atoms with van der Waals surface area (Å²) in [7, 11) is 0. The molecule has 2 rings (SSSR count). The highest BCUT2D eigenvalue weighted by Crippen LogP contribution is 2.19. The highest BCUT2D eigenvalue weighted by atomic mass is 16.3. The zero-order valence-corrected chi connectivity index (χ0v) is 7.96. The third-order valence-electron chi connectivity index (χ3n) is 2.80. The lowest BCUT2D eigenvalue weighted by molar-refractivity contribution is 0.466. The second-order valence-electron chi connectivity index (χ2n) is 3.88. The van der Waals surface area contributed by atoms with Gasteiger partial charge in [-0.05, 0) is 56.3 Å². The molecule has 1 saturated heterocycles. The minimum Gasteiger partial charge on any atom is -0.472 e. The summed E-state index contributed by atoms with van der Waals surface area (Å²) in [6.07, 6.45) is 8.83. The Kier molecular flexibility index (Phi) is 3.03. The largest absolute Gasteiger partial charge is 0.472 e. The molecule has 0 bridgehead atoms. The van der Waals surface area contributed by atoms with Crippen molar-refractivity contribution in [3.63, 3.8) is 0 Å². The molecular formula is C11H17NO. The van der Waals surface area contributed by atoms with Crippen molar-refractivity contribution in [1.29, 1.82) is 0 Å². The van der Waals surface area contributed by atoms with Gasteiger partial charge in [0.1, 0.15) is 0 Å². The van der Waals surface area contributed by atoms with E-state index in [4.69, 9.17) is 4.42 Å². The molecule has 0 spiro atoms. The SMILES string of the molecule is c1cc(CC2CCCNCC2)co1. The number of nitrogens with one attached hydrogen (secondary N) is 1. The van der Waals surface area contributed by atoms with Gasteiger partial charge in [0.2, 0.25) is 0 Å². The van der Waals surface area contributed by atoms with Crippen LogP contribution in [0.15, 0.2) is 23.0 Å². The van der Waals surface area contributed by atoms with Gasteiger partial charge in [0.15, 0.2) is 0 Å². The summed E-state index contributed by atoms with van der Waals surface area (Å²) in [5.74, 6) is 0.854. The van der Waals surface area contributed by atoms with Crippen LogP contribution in [0.3, 0.4) is 0 Å². The Balaban J connectivity index is 1.86. The van der Waals surface area contributed by atoms with E-state index in [-0.39, 0.29) is 0 Å². The molecule has 1 aromatic rings. The number of rotatable bonds is 2. The Morgan fingerprint density at radius 1 is 1.38 bits per heavy atom. The molecule has 0 radical (unpaired) electrons. The van der Waals surface area contributed by atoms with Gasteiger partial charge in [-0.1, -0.05) is 0 Å². The summed E-state index contributed by atoms with van der Waals surface area (Å²) in [5, 5.41) is 3.43. The molecule has 1 aromatic heterocycles. The molecule has 0 amide bonds. The topological polar surface area (TPSA) is 25.2 Å². The lowest BCUT2D eigenvalue weighted by Crippen LogP contribution is -2.14. The van der Waals surface area contributed by atoms with Crippen LogP contribution in [0.25, 0.3) is 0 Å². The molecule has 1 unspecified atom stereocenters. The first-order valence-electron chi connectivity index (χ1n) is 5.17. The summed E-state index contributed by atoms with van der Waals surface area (Å²) >= 11 is 0. The Morgan fingerprint density at radius 2 is 2.38 bits per heavy atom. The van der Waals surface area contributed by atoms with Crippen molar-refractivity contribution in [2.45, 2.75) is 25.7 Å². The van der Waals surface area contributed by atoms with E-state index in [0.29, 0.717) is 0 Å². The van der Waals surface area contributed by atoms with E-state index in [2.05, 4.69) is 11.4 Å². The van der Waals surface area contributed by atoms with Crippen molar-refractivity contribution < 1.29 is 4.42 Å². The van der Waals surface area contributed by atoms with E-state index < -0.39 is 0 Å². The highest BCUT2D eigenvalue weighted by molar-refractivity contribution is 5.06. The van der Waals surface area contributed by atoms with Crippen molar-refractivity contribution in [3.05, 3.63) is 24.2 Å². The minimum absolute atomic E-state index is 0.854. The van der Waals surface area contributed by atoms with Gasteiger partial charge in [0, 0.05) is 0 Å². The van der Waals surface area contributed by atoms with Crippen LogP contribution < -0.4 is 5.32 Å². The van der Waals surface area contributed by atoms with Crippen LogP contribution in [-0.4, -0.2) is 13.1 Å². The fourth-order valence-electron chi connectivity index (χ4n) is 2.04. The van der Waals surface area contributed by atoms with Crippen LogP contribution in [0.1, 0.15) is 24.8 Å². The van der Waals surface area contributed by atoms with Gasteiger partial charge >= 0.3 is 0 Å². The fraction of sp³-hybridized carbons (Fsp3) is 0.636. The Labute approximate surface area is 79.3 Å². The van der Waals surface area contributed by atoms with Gasteiger partial charge in [0.25, 0.3) is 0 Å². The van der Waals surface area contributed by atoms with E-state index in [0.717, 1.165) is 5.92 Å². The molecule has 2 heterocycles. The quantitative estimate of drug-likeness (QED) is 0.753. The van der Waals surface area contributed by atoms with E-state index in [1.807, 2.05) is 6.26 Å². The Hall–Kier alpha value is -0.760. The van der Waals surface area contributed by atoms with E-state index in [9.17, 15) is 0 Å². The molecule has 1 aliphatic rings. The maximum Gasteiger partial charge on any atom is 0.0934 e. The predicted molar refractivity (Wildman–Crippen MR) is 52.6 cm³/mol. The molecule has 0 saturated carbocycles. The lowest BCUT2D eigenvalue weighted by atomic mass is 9.94. The van der Waals surface area contributed by atoms with Crippen molar-refractivity contribution in [2.24, 2.45) is 5.92 Å². The van der Waals surface area contributed by atoms with Crippen LogP contribution in [0, 0.1) is 5.92 Å². The average molecular weight is 179 g/mol.